The predicted molar refractivity (Wildman–Crippen MR) is 290 cm³/mol. The van der Waals surface area contributed by atoms with Crippen molar-refractivity contribution < 1.29 is 4.74 Å². The van der Waals surface area contributed by atoms with Crippen molar-refractivity contribution in [3.05, 3.63) is 198 Å². The Morgan fingerprint density at radius 2 is 1.07 bits per heavy atom. The number of ether oxygens (including phenoxy) is 1. The maximum atomic E-state index is 7.40. The maximum Gasteiger partial charge on any atom is 0.268 e. The van der Waals surface area contributed by atoms with Gasteiger partial charge in [-0.15, -0.1) is 11.3 Å². The Morgan fingerprint density at radius 1 is 0.507 bits per heavy atom. The third kappa shape index (κ3) is 6.69. The minimum atomic E-state index is -0.163. The topological polar surface area (TPSA) is 15.7 Å². The molecule has 0 bridgehead atoms. The van der Waals surface area contributed by atoms with Crippen molar-refractivity contribution in [1.82, 2.24) is 0 Å². The first-order valence-corrected chi connectivity index (χ1v) is 24.4. The van der Waals surface area contributed by atoms with E-state index in [1.807, 2.05) is 11.3 Å². The van der Waals surface area contributed by atoms with Gasteiger partial charge in [0.1, 0.15) is 11.5 Å². The van der Waals surface area contributed by atoms with E-state index in [4.69, 9.17) is 4.74 Å². The van der Waals surface area contributed by atoms with Crippen LogP contribution in [0.25, 0.3) is 42.8 Å². The molecule has 0 saturated heterocycles. The van der Waals surface area contributed by atoms with E-state index in [0.29, 0.717) is 0 Å². The van der Waals surface area contributed by atoms with Crippen molar-refractivity contribution in [2.45, 2.75) is 66.2 Å². The summed E-state index contributed by atoms with van der Waals surface area (Å²) in [7, 11) is 0. The van der Waals surface area contributed by atoms with E-state index in [0.717, 1.165) is 34.2 Å². The predicted octanol–water partition coefficient (Wildman–Crippen LogP) is 16.0. The average molecular weight is 885 g/mol. The molecule has 0 amide bonds. The third-order valence-electron chi connectivity index (χ3n) is 14.1. The van der Waals surface area contributed by atoms with Gasteiger partial charge in [-0.3, -0.25) is 0 Å². The van der Waals surface area contributed by atoms with E-state index < -0.39 is 0 Å². The van der Waals surface area contributed by atoms with E-state index >= 15 is 0 Å². The van der Waals surface area contributed by atoms with Crippen molar-refractivity contribution in [3.63, 3.8) is 0 Å². The number of aryl methyl sites for hydroxylation is 2. The van der Waals surface area contributed by atoms with Crippen LogP contribution in [0.5, 0.6) is 11.5 Å². The number of thiophene rings is 1. The van der Waals surface area contributed by atoms with Crippen molar-refractivity contribution >= 4 is 99.5 Å². The molecule has 0 atom stereocenters. The van der Waals surface area contributed by atoms with Gasteiger partial charge in [-0.05, 0) is 129 Å². The van der Waals surface area contributed by atoms with Gasteiger partial charge < -0.3 is 14.5 Å². The molecule has 0 radical (unpaired) electrons. The van der Waals surface area contributed by atoms with Crippen LogP contribution in [0.1, 0.15) is 63.8 Å². The summed E-state index contributed by atoms with van der Waals surface area (Å²) in [5.74, 6) is 1.93. The smallest absolute Gasteiger partial charge is 0.268 e. The van der Waals surface area contributed by atoms with Crippen molar-refractivity contribution in [3.8, 4) is 22.6 Å². The van der Waals surface area contributed by atoms with Crippen LogP contribution in [0.4, 0.5) is 34.1 Å². The summed E-state index contributed by atoms with van der Waals surface area (Å²) < 4.78 is 9.92. The largest absolute Gasteiger partial charge is 0.457 e. The van der Waals surface area contributed by atoms with Crippen LogP contribution < -0.4 is 30.2 Å². The summed E-state index contributed by atoms with van der Waals surface area (Å²) in [4.78, 5) is 5.03. The highest BCUT2D eigenvalue weighted by molar-refractivity contribution is 7.33. The molecule has 3 nitrogen and oxygen atoms in total. The normalized spacial score (nSPS) is 13.1. The maximum absolute atomic E-state index is 7.40. The molecule has 67 heavy (non-hydrogen) atoms. The number of anilines is 6. The molecular formula is C62H53BN2OS. The fourth-order valence-electron chi connectivity index (χ4n) is 10.6. The molecule has 10 aromatic rings. The zero-order valence-corrected chi connectivity index (χ0v) is 40.3. The van der Waals surface area contributed by atoms with E-state index in [1.54, 1.807) is 0 Å². The Labute approximate surface area is 399 Å². The van der Waals surface area contributed by atoms with Crippen LogP contribution in [-0.4, -0.2) is 6.71 Å². The molecule has 2 aliphatic heterocycles. The van der Waals surface area contributed by atoms with Gasteiger partial charge in [0, 0.05) is 54.1 Å². The molecule has 0 N–H and O–H groups in total. The number of rotatable bonds is 5. The zero-order chi connectivity index (χ0) is 45.9. The summed E-state index contributed by atoms with van der Waals surface area (Å²) in [5, 5.41) is 6.04. The van der Waals surface area contributed by atoms with Crippen molar-refractivity contribution in [1.29, 1.82) is 0 Å². The minimum Gasteiger partial charge on any atom is -0.457 e. The van der Waals surface area contributed by atoms with Crippen LogP contribution >= 0.6 is 11.3 Å². The first kappa shape index (κ1) is 41.4. The van der Waals surface area contributed by atoms with Crippen LogP contribution in [0.15, 0.2) is 176 Å². The summed E-state index contributed by atoms with van der Waals surface area (Å²) >= 11 is 1.89. The second-order valence-electron chi connectivity index (χ2n) is 20.7. The fraction of sp³-hybridized carbons (Fsp3) is 0.161. The molecule has 9 aromatic carbocycles. The third-order valence-corrected chi connectivity index (χ3v) is 15.3. The molecule has 3 heterocycles. The molecule has 2 aliphatic rings. The van der Waals surface area contributed by atoms with Crippen LogP contribution in [0, 0.1) is 13.8 Å². The zero-order valence-electron chi connectivity index (χ0n) is 39.5. The summed E-state index contributed by atoms with van der Waals surface area (Å²) in [6.45, 7) is 18.1. The van der Waals surface area contributed by atoms with E-state index in [1.165, 1.54) is 92.1 Å². The molecule has 0 unspecified atom stereocenters. The lowest BCUT2D eigenvalue weighted by Gasteiger charge is -2.42. The molecule has 1 aromatic heterocycles. The highest BCUT2D eigenvalue weighted by Crippen LogP contribution is 2.52. The van der Waals surface area contributed by atoms with Gasteiger partial charge in [0.05, 0.1) is 5.69 Å². The number of nitrogens with zero attached hydrogens (tertiary/aromatic N) is 2. The van der Waals surface area contributed by atoms with E-state index in [2.05, 4.69) is 241 Å². The highest BCUT2D eigenvalue weighted by Gasteiger charge is 2.45. The monoisotopic (exact) mass is 884 g/mol. The van der Waals surface area contributed by atoms with Gasteiger partial charge >= 0.3 is 0 Å². The summed E-state index contributed by atoms with van der Waals surface area (Å²) in [6.07, 6.45) is 0. The van der Waals surface area contributed by atoms with E-state index in [9.17, 15) is 0 Å². The molecule has 0 spiro atoms. The Bertz CT molecular complexity index is 3490. The standard InChI is InChI=1S/C62H53BN2OS/c1-38-22-27-43(28-23-38)64(44-29-24-39(2)25-30-44)45-31-32-51-52(37-45)65(58-48-20-14-12-18-46(48)56(40-16-10-9-11-17-40)47-19-13-15-21-49(47)58)53-35-42(62(6,7)8)36-54-57(53)63(51)60-59(66-54)50-34-41(61(3,4)5)26-33-55(50)67-60/h9-37H,1-8H3. The second-order valence-corrected chi connectivity index (χ2v) is 21.8. The van der Waals surface area contributed by atoms with Gasteiger partial charge in [0.15, 0.2) is 0 Å². The van der Waals surface area contributed by atoms with Crippen molar-refractivity contribution in [2.24, 2.45) is 0 Å². The lowest BCUT2D eigenvalue weighted by Crippen LogP contribution is -2.58. The molecule has 0 aliphatic carbocycles. The Hall–Kier alpha value is -7.08. The molecule has 326 valence electrons. The molecule has 5 heteroatoms. The Morgan fingerprint density at radius 3 is 1.67 bits per heavy atom. The van der Waals surface area contributed by atoms with Gasteiger partial charge in [-0.25, -0.2) is 0 Å². The van der Waals surface area contributed by atoms with Gasteiger partial charge in [-0.2, -0.15) is 0 Å². The first-order valence-electron chi connectivity index (χ1n) is 23.6. The van der Waals surface area contributed by atoms with Crippen LogP contribution in [-0.2, 0) is 10.8 Å². The molecule has 0 saturated carbocycles. The lowest BCUT2D eigenvalue weighted by molar-refractivity contribution is 0.490. The second kappa shape index (κ2) is 15.2. The fourth-order valence-corrected chi connectivity index (χ4v) is 11.8. The number of benzene rings is 9. The minimum absolute atomic E-state index is 0.00111. The quantitative estimate of drug-likeness (QED) is 0.127. The number of fused-ring (bicyclic) bond motifs is 8. The summed E-state index contributed by atoms with van der Waals surface area (Å²) in [6, 6.07) is 65.9. The SMILES string of the molecule is Cc1ccc(N(c2ccc(C)cc2)c2ccc3c(c2)N(c2c4ccccc4c(-c4ccccc4)c4ccccc24)c2cc(C(C)(C)C)cc4c2B3c2sc3ccc(C(C)(C)C)cc3c2O4)cc1. The van der Waals surface area contributed by atoms with Crippen molar-refractivity contribution in [2.75, 3.05) is 9.80 Å². The molecular weight excluding hydrogens is 832 g/mol. The number of hydrogen-bond donors (Lipinski definition) is 0. The van der Waals surface area contributed by atoms with Gasteiger partial charge in [0.2, 0.25) is 0 Å². The Kier molecular flexibility index (Phi) is 9.40. The average Bonchev–Trinajstić information content (AvgIpc) is 3.69. The van der Waals surface area contributed by atoms with Crippen LogP contribution in [0.3, 0.4) is 0 Å². The molecule has 0 fully saturated rings. The number of hydrogen-bond acceptors (Lipinski definition) is 4. The van der Waals surface area contributed by atoms with Gasteiger partial charge in [-0.1, -0.05) is 168 Å². The first-order chi connectivity index (χ1) is 32.3. The molecule has 12 rings (SSSR count). The summed E-state index contributed by atoms with van der Waals surface area (Å²) in [5.41, 5.74) is 16.6. The van der Waals surface area contributed by atoms with Gasteiger partial charge in [0.25, 0.3) is 6.71 Å². The highest BCUT2D eigenvalue weighted by atomic mass is 32.1. The Balaban J connectivity index is 1.22. The van der Waals surface area contributed by atoms with E-state index in [-0.39, 0.29) is 17.5 Å². The lowest BCUT2D eigenvalue weighted by atomic mass is 9.36. The van der Waals surface area contributed by atoms with Crippen LogP contribution in [0.2, 0.25) is 0 Å².